The molecule has 0 aliphatic heterocycles. The Hall–Kier alpha value is -0.410. The minimum absolute atomic E-state index is 0.0946. The first kappa shape index (κ1) is 18.0. The molecule has 0 amide bonds. The van der Waals surface area contributed by atoms with Gasteiger partial charge in [-0.25, -0.2) is 0 Å². The van der Waals surface area contributed by atoms with Crippen LogP contribution in [0.15, 0.2) is 0 Å². The molecule has 4 saturated carbocycles. The van der Waals surface area contributed by atoms with Crippen LogP contribution in [0.3, 0.4) is 0 Å². The van der Waals surface area contributed by atoms with E-state index in [9.17, 15) is 15.0 Å². The van der Waals surface area contributed by atoms with E-state index in [4.69, 9.17) is 0 Å². The monoisotopic (exact) mass is 348 g/mol. The number of hydrogen-bond acceptors (Lipinski definition) is 3. The van der Waals surface area contributed by atoms with Crippen LogP contribution in [-0.2, 0) is 4.79 Å². The van der Waals surface area contributed by atoms with Crippen molar-refractivity contribution in [3.8, 4) is 0 Å². The molecular weight excluding hydrogens is 312 g/mol. The van der Waals surface area contributed by atoms with Crippen LogP contribution in [0.4, 0.5) is 0 Å². The van der Waals surface area contributed by atoms with Gasteiger partial charge in [0.1, 0.15) is 5.78 Å². The van der Waals surface area contributed by atoms with Gasteiger partial charge in [0, 0.05) is 5.92 Å². The molecule has 0 radical (unpaired) electrons. The normalized spacial score (nSPS) is 58.2. The van der Waals surface area contributed by atoms with E-state index < -0.39 is 5.60 Å². The number of ketones is 1. The summed E-state index contributed by atoms with van der Waals surface area (Å²) >= 11 is 0. The lowest BCUT2D eigenvalue weighted by Crippen LogP contribution is -2.59. The van der Waals surface area contributed by atoms with Crippen LogP contribution in [0.5, 0.6) is 0 Å². The highest BCUT2D eigenvalue weighted by Gasteiger charge is 2.63. The Bertz CT molecular complexity index is 570. The third-order valence-electron chi connectivity index (χ3n) is 9.46. The first-order valence-corrected chi connectivity index (χ1v) is 10.5. The smallest absolute Gasteiger partial charge is 0.133 e. The summed E-state index contributed by atoms with van der Waals surface area (Å²) in [5, 5.41) is 21.7. The van der Waals surface area contributed by atoms with E-state index in [0.29, 0.717) is 29.5 Å². The standard InChI is InChI=1S/C22H36O3/c1-13(23)15-5-6-16-19-17(7-8-22(15,16)4)21(3)10-9-20(2,25)12-14(21)11-18(19)24/h14-19,24-25H,5-12H2,1-4H3/t14-,15+,16-,17-,18+,19-,20+,21-,22+/m0/s1. The van der Waals surface area contributed by atoms with Crippen LogP contribution in [0, 0.1) is 40.4 Å². The molecule has 0 spiro atoms. The quantitative estimate of drug-likeness (QED) is 0.754. The van der Waals surface area contributed by atoms with Gasteiger partial charge in [0.2, 0.25) is 0 Å². The van der Waals surface area contributed by atoms with Gasteiger partial charge < -0.3 is 10.2 Å². The maximum Gasteiger partial charge on any atom is 0.133 e. The summed E-state index contributed by atoms with van der Waals surface area (Å²) in [5.41, 5.74) is -0.216. The minimum Gasteiger partial charge on any atom is -0.393 e. The van der Waals surface area contributed by atoms with Crippen molar-refractivity contribution in [3.05, 3.63) is 0 Å². The molecule has 0 heterocycles. The first-order valence-electron chi connectivity index (χ1n) is 10.5. The van der Waals surface area contributed by atoms with Crippen molar-refractivity contribution in [1.29, 1.82) is 0 Å². The van der Waals surface area contributed by atoms with Crippen molar-refractivity contribution >= 4 is 5.78 Å². The molecule has 0 aromatic heterocycles. The van der Waals surface area contributed by atoms with Crippen molar-refractivity contribution in [2.45, 2.75) is 90.8 Å². The maximum atomic E-state index is 12.2. The zero-order valence-corrected chi connectivity index (χ0v) is 16.4. The molecule has 0 aromatic rings. The second-order valence-corrected chi connectivity index (χ2v) is 10.8. The Morgan fingerprint density at radius 1 is 0.960 bits per heavy atom. The molecule has 4 fully saturated rings. The van der Waals surface area contributed by atoms with Crippen molar-refractivity contribution in [3.63, 3.8) is 0 Å². The highest BCUT2D eigenvalue weighted by Crippen LogP contribution is 2.68. The van der Waals surface area contributed by atoms with Gasteiger partial charge in [0.25, 0.3) is 0 Å². The molecule has 9 atom stereocenters. The summed E-state index contributed by atoms with van der Waals surface area (Å²) in [7, 11) is 0. The Morgan fingerprint density at radius 3 is 2.32 bits per heavy atom. The number of fused-ring (bicyclic) bond motifs is 5. The van der Waals surface area contributed by atoms with Gasteiger partial charge in [-0.3, -0.25) is 4.79 Å². The van der Waals surface area contributed by atoms with Crippen molar-refractivity contribution in [1.82, 2.24) is 0 Å². The Labute approximate surface area is 152 Å². The third-order valence-corrected chi connectivity index (χ3v) is 9.46. The van der Waals surface area contributed by atoms with Gasteiger partial charge in [0.15, 0.2) is 0 Å². The fourth-order valence-corrected chi connectivity index (χ4v) is 8.07. The number of Topliss-reactive ketones (excluding diaryl/α,β-unsaturated/α-hetero) is 1. The lowest BCUT2D eigenvalue weighted by atomic mass is 9.43. The van der Waals surface area contributed by atoms with Crippen molar-refractivity contribution in [2.24, 2.45) is 40.4 Å². The Kier molecular flexibility index (Phi) is 3.99. The first-order chi connectivity index (χ1) is 11.6. The average molecular weight is 349 g/mol. The molecule has 142 valence electrons. The summed E-state index contributed by atoms with van der Waals surface area (Å²) in [6, 6.07) is 0. The van der Waals surface area contributed by atoms with Gasteiger partial charge in [-0.2, -0.15) is 0 Å². The average Bonchev–Trinajstić information content (AvgIpc) is 2.86. The van der Waals surface area contributed by atoms with Crippen LogP contribution >= 0.6 is 0 Å². The summed E-state index contributed by atoms with van der Waals surface area (Å²) in [5.74, 6) is 2.39. The van der Waals surface area contributed by atoms with Crippen LogP contribution in [0.1, 0.15) is 79.1 Å². The number of aliphatic hydroxyl groups excluding tert-OH is 1. The molecule has 2 N–H and O–H groups in total. The molecule has 0 unspecified atom stereocenters. The van der Waals surface area contributed by atoms with Crippen LogP contribution < -0.4 is 0 Å². The number of rotatable bonds is 1. The van der Waals surface area contributed by atoms with Crippen LogP contribution in [0.25, 0.3) is 0 Å². The molecule has 0 bridgehead atoms. The van der Waals surface area contributed by atoms with Crippen molar-refractivity contribution in [2.75, 3.05) is 0 Å². The third kappa shape index (κ3) is 2.48. The van der Waals surface area contributed by atoms with Gasteiger partial charge >= 0.3 is 0 Å². The maximum absolute atomic E-state index is 12.2. The molecule has 3 nitrogen and oxygen atoms in total. The molecule has 0 aromatic carbocycles. The number of carbonyl (C=O) groups is 1. The largest absolute Gasteiger partial charge is 0.393 e. The van der Waals surface area contributed by atoms with E-state index in [1.165, 1.54) is 0 Å². The Morgan fingerprint density at radius 2 is 1.64 bits per heavy atom. The molecule has 4 aliphatic carbocycles. The van der Waals surface area contributed by atoms with Crippen LogP contribution in [-0.4, -0.2) is 27.7 Å². The minimum atomic E-state index is -0.563. The van der Waals surface area contributed by atoms with E-state index >= 15 is 0 Å². The van der Waals surface area contributed by atoms with Gasteiger partial charge in [-0.05, 0) is 99.7 Å². The van der Waals surface area contributed by atoms with E-state index in [2.05, 4.69) is 13.8 Å². The fourth-order valence-electron chi connectivity index (χ4n) is 8.07. The predicted molar refractivity (Wildman–Crippen MR) is 97.9 cm³/mol. The highest BCUT2D eigenvalue weighted by molar-refractivity contribution is 5.79. The van der Waals surface area contributed by atoms with Gasteiger partial charge in [-0.15, -0.1) is 0 Å². The second kappa shape index (κ2) is 5.55. The molecular formula is C22H36O3. The zero-order chi connectivity index (χ0) is 18.2. The lowest BCUT2D eigenvalue weighted by molar-refractivity contribution is -0.185. The summed E-state index contributed by atoms with van der Waals surface area (Å²) in [4.78, 5) is 12.2. The molecule has 4 rings (SSSR count). The lowest BCUT2D eigenvalue weighted by Gasteiger charge is -2.63. The van der Waals surface area contributed by atoms with E-state index in [-0.39, 0.29) is 22.9 Å². The Balaban J connectivity index is 1.66. The number of carbonyl (C=O) groups excluding carboxylic acids is 1. The zero-order valence-electron chi connectivity index (χ0n) is 16.4. The molecule has 4 aliphatic rings. The van der Waals surface area contributed by atoms with Gasteiger partial charge in [0.05, 0.1) is 11.7 Å². The summed E-state index contributed by atoms with van der Waals surface area (Å²) in [6.45, 7) is 8.51. The van der Waals surface area contributed by atoms with Crippen molar-refractivity contribution < 1.29 is 15.0 Å². The molecule has 25 heavy (non-hydrogen) atoms. The van der Waals surface area contributed by atoms with E-state index in [1.54, 1.807) is 6.92 Å². The SMILES string of the molecule is CC(=O)[C@H]1CC[C@H]2[C@@H]3[C@H](O)C[C@H]4C[C@](C)(O)CC[C@]4(C)[C@H]3CC[C@]12C. The number of hydrogen-bond donors (Lipinski definition) is 2. The highest BCUT2D eigenvalue weighted by atomic mass is 16.3. The topological polar surface area (TPSA) is 57.5 Å². The number of aliphatic hydroxyl groups is 2. The van der Waals surface area contributed by atoms with E-state index in [1.807, 2.05) is 6.92 Å². The fraction of sp³-hybridized carbons (Fsp3) is 0.955. The van der Waals surface area contributed by atoms with Crippen LogP contribution in [0.2, 0.25) is 0 Å². The second-order valence-electron chi connectivity index (χ2n) is 10.8. The van der Waals surface area contributed by atoms with E-state index in [0.717, 1.165) is 51.4 Å². The molecule has 0 saturated heterocycles. The summed E-state index contributed by atoms with van der Waals surface area (Å²) < 4.78 is 0. The molecule has 3 heteroatoms. The van der Waals surface area contributed by atoms with Gasteiger partial charge in [-0.1, -0.05) is 13.8 Å². The predicted octanol–water partition coefficient (Wildman–Crippen LogP) is 3.96. The summed E-state index contributed by atoms with van der Waals surface area (Å²) in [6.07, 6.45) is 7.79.